The Hall–Kier alpha value is -2.48. The van der Waals surface area contributed by atoms with Gasteiger partial charge in [0.15, 0.2) is 0 Å². The fourth-order valence-electron chi connectivity index (χ4n) is 1.82. The Morgan fingerprint density at radius 1 is 1.39 bits per heavy atom. The number of anilines is 2. The molecule has 1 heterocycles. The van der Waals surface area contributed by atoms with Gasteiger partial charge in [-0.2, -0.15) is 10.4 Å². The standard InChI is InChI=1S/C13H15N5/c1-9-12(7-14)13(18(2)17-9)16-8-10-3-5-11(15)6-4-10/h3-6,16H,8,15H2,1-2H3. The van der Waals surface area contributed by atoms with E-state index in [2.05, 4.69) is 16.5 Å². The number of nitriles is 1. The summed E-state index contributed by atoms with van der Waals surface area (Å²) in [6.07, 6.45) is 0. The number of benzene rings is 1. The fraction of sp³-hybridized carbons (Fsp3) is 0.231. The molecule has 0 saturated heterocycles. The van der Waals surface area contributed by atoms with E-state index in [9.17, 15) is 0 Å². The average Bonchev–Trinajstić information content (AvgIpc) is 2.62. The summed E-state index contributed by atoms with van der Waals surface area (Å²) in [7, 11) is 1.82. The van der Waals surface area contributed by atoms with Gasteiger partial charge in [0.25, 0.3) is 0 Å². The maximum Gasteiger partial charge on any atom is 0.142 e. The number of nitrogens with zero attached hydrogens (tertiary/aromatic N) is 3. The van der Waals surface area contributed by atoms with Crippen molar-refractivity contribution in [1.82, 2.24) is 9.78 Å². The quantitative estimate of drug-likeness (QED) is 0.803. The van der Waals surface area contributed by atoms with Gasteiger partial charge in [0.1, 0.15) is 17.5 Å². The summed E-state index contributed by atoms with van der Waals surface area (Å²) in [5.74, 6) is 0.742. The third-order valence-electron chi connectivity index (χ3n) is 2.77. The van der Waals surface area contributed by atoms with Crippen molar-refractivity contribution < 1.29 is 0 Å². The minimum atomic E-state index is 0.591. The second kappa shape index (κ2) is 4.80. The summed E-state index contributed by atoms with van der Waals surface area (Å²) in [5.41, 5.74) is 8.80. The molecule has 0 aliphatic heterocycles. The molecule has 1 aromatic heterocycles. The molecule has 0 atom stereocenters. The monoisotopic (exact) mass is 241 g/mol. The first-order valence-corrected chi connectivity index (χ1v) is 5.64. The highest BCUT2D eigenvalue weighted by molar-refractivity contribution is 5.55. The molecule has 0 amide bonds. The zero-order valence-corrected chi connectivity index (χ0v) is 10.4. The molecule has 0 aliphatic carbocycles. The second-order valence-electron chi connectivity index (χ2n) is 4.14. The van der Waals surface area contributed by atoms with Crippen molar-refractivity contribution in [3.63, 3.8) is 0 Å². The van der Waals surface area contributed by atoms with Gasteiger partial charge in [0, 0.05) is 19.3 Å². The minimum absolute atomic E-state index is 0.591. The van der Waals surface area contributed by atoms with Crippen LogP contribution in [0, 0.1) is 18.3 Å². The third kappa shape index (κ3) is 2.28. The smallest absolute Gasteiger partial charge is 0.142 e. The maximum absolute atomic E-state index is 9.09. The number of hydrogen-bond donors (Lipinski definition) is 2. The highest BCUT2D eigenvalue weighted by atomic mass is 15.3. The van der Waals surface area contributed by atoms with Crippen LogP contribution in [0.3, 0.4) is 0 Å². The lowest BCUT2D eigenvalue weighted by Gasteiger charge is -2.07. The molecular formula is C13H15N5. The van der Waals surface area contributed by atoms with Gasteiger partial charge in [0.2, 0.25) is 0 Å². The molecule has 0 radical (unpaired) electrons. The van der Waals surface area contributed by atoms with Crippen LogP contribution < -0.4 is 11.1 Å². The lowest BCUT2D eigenvalue weighted by atomic mass is 10.2. The first kappa shape index (κ1) is 12.0. The number of rotatable bonds is 3. The Balaban J connectivity index is 2.16. The van der Waals surface area contributed by atoms with E-state index in [1.165, 1.54) is 0 Å². The normalized spacial score (nSPS) is 10.1. The summed E-state index contributed by atoms with van der Waals surface area (Å²) in [4.78, 5) is 0. The van der Waals surface area contributed by atoms with Crippen LogP contribution in [-0.4, -0.2) is 9.78 Å². The van der Waals surface area contributed by atoms with Crippen LogP contribution in [0.25, 0.3) is 0 Å². The minimum Gasteiger partial charge on any atom is -0.399 e. The first-order valence-electron chi connectivity index (χ1n) is 5.64. The first-order chi connectivity index (χ1) is 8.61. The van der Waals surface area contributed by atoms with Crippen LogP contribution in [0.4, 0.5) is 11.5 Å². The van der Waals surface area contributed by atoms with Gasteiger partial charge < -0.3 is 11.1 Å². The topological polar surface area (TPSA) is 79.7 Å². The fourth-order valence-corrected chi connectivity index (χ4v) is 1.82. The predicted molar refractivity (Wildman–Crippen MR) is 70.8 cm³/mol. The number of nitrogen functional groups attached to an aromatic ring is 1. The molecule has 1 aromatic carbocycles. The zero-order chi connectivity index (χ0) is 13.1. The molecule has 0 unspecified atom stereocenters. The van der Waals surface area contributed by atoms with Crippen LogP contribution in [0.2, 0.25) is 0 Å². The Morgan fingerprint density at radius 2 is 2.06 bits per heavy atom. The Bertz CT molecular complexity index is 589. The predicted octanol–water partition coefficient (Wildman–Crippen LogP) is 1.79. The van der Waals surface area contributed by atoms with E-state index in [1.807, 2.05) is 38.2 Å². The third-order valence-corrected chi connectivity index (χ3v) is 2.77. The Kier molecular flexibility index (Phi) is 3.20. The van der Waals surface area contributed by atoms with E-state index >= 15 is 0 Å². The van der Waals surface area contributed by atoms with E-state index in [-0.39, 0.29) is 0 Å². The van der Waals surface area contributed by atoms with Crippen molar-refractivity contribution in [3.8, 4) is 6.07 Å². The average molecular weight is 241 g/mol. The van der Waals surface area contributed by atoms with Crippen molar-refractivity contribution in [2.24, 2.45) is 7.05 Å². The van der Waals surface area contributed by atoms with E-state index in [0.29, 0.717) is 12.1 Å². The zero-order valence-electron chi connectivity index (χ0n) is 10.4. The van der Waals surface area contributed by atoms with Crippen molar-refractivity contribution in [2.75, 3.05) is 11.1 Å². The molecule has 5 nitrogen and oxygen atoms in total. The maximum atomic E-state index is 9.09. The molecule has 3 N–H and O–H groups in total. The van der Waals surface area contributed by atoms with Gasteiger partial charge in [0.05, 0.1) is 5.69 Å². The summed E-state index contributed by atoms with van der Waals surface area (Å²) in [6.45, 7) is 2.46. The van der Waals surface area contributed by atoms with Gasteiger partial charge in [-0.25, -0.2) is 0 Å². The molecule has 0 saturated carbocycles. The molecule has 0 spiro atoms. The van der Waals surface area contributed by atoms with E-state index in [1.54, 1.807) is 4.68 Å². The van der Waals surface area contributed by atoms with Crippen molar-refractivity contribution in [2.45, 2.75) is 13.5 Å². The molecule has 18 heavy (non-hydrogen) atoms. The van der Waals surface area contributed by atoms with Crippen LogP contribution in [-0.2, 0) is 13.6 Å². The number of nitrogens with one attached hydrogen (secondary N) is 1. The highest BCUT2D eigenvalue weighted by Crippen LogP contribution is 2.18. The lowest BCUT2D eigenvalue weighted by molar-refractivity contribution is 0.758. The number of aryl methyl sites for hydroxylation is 2. The van der Waals surface area contributed by atoms with Gasteiger partial charge >= 0.3 is 0 Å². The van der Waals surface area contributed by atoms with Crippen molar-refractivity contribution in [3.05, 3.63) is 41.1 Å². The van der Waals surface area contributed by atoms with Gasteiger partial charge in [-0.15, -0.1) is 0 Å². The van der Waals surface area contributed by atoms with E-state index in [4.69, 9.17) is 11.0 Å². The largest absolute Gasteiger partial charge is 0.399 e. The van der Waals surface area contributed by atoms with Crippen LogP contribution >= 0.6 is 0 Å². The summed E-state index contributed by atoms with van der Waals surface area (Å²) < 4.78 is 1.69. The van der Waals surface area contributed by atoms with Crippen LogP contribution in [0.1, 0.15) is 16.8 Å². The molecule has 2 rings (SSSR count). The summed E-state index contributed by atoms with van der Waals surface area (Å²) >= 11 is 0. The van der Waals surface area contributed by atoms with Crippen LogP contribution in [0.15, 0.2) is 24.3 Å². The Labute approximate surface area is 106 Å². The number of hydrogen-bond acceptors (Lipinski definition) is 4. The molecule has 2 aromatic rings. The lowest BCUT2D eigenvalue weighted by Crippen LogP contribution is -2.05. The van der Waals surface area contributed by atoms with Gasteiger partial charge in [-0.1, -0.05) is 12.1 Å². The molecule has 92 valence electrons. The number of nitrogens with two attached hydrogens (primary N) is 1. The van der Waals surface area contributed by atoms with Crippen molar-refractivity contribution >= 4 is 11.5 Å². The molecular weight excluding hydrogens is 226 g/mol. The summed E-state index contributed by atoms with van der Waals surface area (Å²) in [5, 5.41) is 16.5. The van der Waals surface area contributed by atoms with Crippen LogP contribution in [0.5, 0.6) is 0 Å². The van der Waals surface area contributed by atoms with Crippen molar-refractivity contribution in [1.29, 1.82) is 5.26 Å². The molecule has 5 heteroatoms. The van der Waals surface area contributed by atoms with E-state index in [0.717, 1.165) is 22.8 Å². The SMILES string of the molecule is Cc1nn(C)c(NCc2ccc(N)cc2)c1C#N. The molecule has 0 bridgehead atoms. The molecule has 0 fully saturated rings. The van der Waals surface area contributed by atoms with E-state index < -0.39 is 0 Å². The highest BCUT2D eigenvalue weighted by Gasteiger charge is 2.11. The van der Waals surface area contributed by atoms with Gasteiger partial charge in [-0.05, 0) is 24.6 Å². The Morgan fingerprint density at radius 3 is 2.67 bits per heavy atom. The number of aromatic nitrogens is 2. The second-order valence-corrected chi connectivity index (χ2v) is 4.14. The molecule has 0 aliphatic rings. The van der Waals surface area contributed by atoms with Gasteiger partial charge in [-0.3, -0.25) is 4.68 Å². The summed E-state index contributed by atoms with van der Waals surface area (Å²) in [6, 6.07) is 9.79.